The first kappa shape index (κ1) is 17.9. The Morgan fingerprint density at radius 1 is 0.926 bits per heavy atom. The number of aliphatic hydroxyl groups excluding tert-OH is 1. The Labute approximate surface area is 158 Å². The van der Waals surface area contributed by atoms with Crippen molar-refractivity contribution in [3.8, 4) is 0 Å². The van der Waals surface area contributed by atoms with E-state index in [0.29, 0.717) is 37.6 Å². The summed E-state index contributed by atoms with van der Waals surface area (Å²) in [4.78, 5) is 15.4. The fourth-order valence-corrected chi connectivity index (χ4v) is 3.54. The summed E-state index contributed by atoms with van der Waals surface area (Å²) in [6.45, 7) is 5.71. The van der Waals surface area contributed by atoms with E-state index < -0.39 is 0 Å². The summed E-state index contributed by atoms with van der Waals surface area (Å²) >= 11 is 0. The molecule has 0 saturated carbocycles. The number of halogens is 1. The number of nitrogens with zero attached hydrogens (tertiary/aromatic N) is 5. The highest BCUT2D eigenvalue weighted by atomic mass is 19.1. The average Bonchev–Trinajstić information content (AvgIpc) is 2.75. The van der Waals surface area contributed by atoms with Crippen molar-refractivity contribution in [2.24, 2.45) is 0 Å². The van der Waals surface area contributed by atoms with E-state index in [2.05, 4.69) is 19.8 Å². The second-order valence-corrected chi connectivity index (χ2v) is 6.72. The number of piperazine rings is 1. The minimum Gasteiger partial charge on any atom is -0.392 e. The molecule has 2 aliphatic rings. The van der Waals surface area contributed by atoms with E-state index in [-0.39, 0.29) is 12.4 Å². The van der Waals surface area contributed by atoms with Crippen molar-refractivity contribution in [3.05, 3.63) is 42.0 Å². The number of aliphatic hydroxyl groups is 1. The zero-order valence-corrected chi connectivity index (χ0v) is 15.2. The number of anilines is 3. The molecule has 0 unspecified atom stereocenters. The van der Waals surface area contributed by atoms with Gasteiger partial charge in [-0.2, -0.15) is 0 Å². The molecule has 1 N–H and O–H groups in total. The summed E-state index contributed by atoms with van der Waals surface area (Å²) in [6.07, 6.45) is 3.72. The zero-order valence-electron chi connectivity index (χ0n) is 15.2. The van der Waals surface area contributed by atoms with Crippen LogP contribution in [0, 0.1) is 5.82 Å². The number of hydrogen-bond acceptors (Lipinski definition) is 7. The van der Waals surface area contributed by atoms with Crippen molar-refractivity contribution >= 4 is 17.3 Å². The lowest BCUT2D eigenvalue weighted by atomic mass is 10.1. The van der Waals surface area contributed by atoms with Crippen molar-refractivity contribution in [3.63, 3.8) is 0 Å². The number of benzene rings is 1. The Kier molecular flexibility index (Phi) is 5.35. The van der Waals surface area contributed by atoms with Gasteiger partial charge in [-0.3, -0.25) is 0 Å². The summed E-state index contributed by atoms with van der Waals surface area (Å²) in [5, 5.41) is 9.26. The predicted molar refractivity (Wildman–Crippen MR) is 102 cm³/mol. The van der Waals surface area contributed by atoms with Crippen LogP contribution in [0.25, 0.3) is 0 Å². The minimum absolute atomic E-state index is 0.285. The quantitative estimate of drug-likeness (QED) is 0.866. The highest BCUT2D eigenvalue weighted by Crippen LogP contribution is 2.25. The van der Waals surface area contributed by atoms with Crippen LogP contribution in [0.4, 0.5) is 21.7 Å². The standard InChI is InChI=1S/C19H24FN5O2/c20-18-15(14-26)2-1-3-17(18)24-6-4-23(5-7-24)16-12-21-19(22-13-16)25-8-10-27-11-9-25/h1-3,12-13,26H,4-11,14H2. The van der Waals surface area contributed by atoms with E-state index in [1.165, 1.54) is 0 Å². The van der Waals surface area contributed by atoms with Crippen LogP contribution < -0.4 is 14.7 Å². The van der Waals surface area contributed by atoms with Gasteiger partial charge >= 0.3 is 0 Å². The first-order chi connectivity index (χ1) is 13.3. The molecule has 1 aromatic heterocycles. The maximum atomic E-state index is 14.4. The normalized spacial score (nSPS) is 18.1. The number of morpholine rings is 1. The van der Waals surface area contributed by atoms with Gasteiger partial charge in [-0.1, -0.05) is 12.1 Å². The maximum absolute atomic E-state index is 14.4. The van der Waals surface area contributed by atoms with Crippen molar-refractivity contribution in [1.29, 1.82) is 0 Å². The Hall–Kier alpha value is -2.45. The fourth-order valence-electron chi connectivity index (χ4n) is 3.54. The van der Waals surface area contributed by atoms with Crippen LogP contribution in [0.1, 0.15) is 5.56 Å². The maximum Gasteiger partial charge on any atom is 0.225 e. The Morgan fingerprint density at radius 3 is 2.26 bits per heavy atom. The molecule has 2 fully saturated rings. The van der Waals surface area contributed by atoms with E-state index in [1.54, 1.807) is 18.2 Å². The van der Waals surface area contributed by atoms with E-state index >= 15 is 0 Å². The molecule has 2 saturated heterocycles. The minimum atomic E-state index is -0.327. The van der Waals surface area contributed by atoms with Crippen molar-refractivity contribution < 1.29 is 14.2 Å². The van der Waals surface area contributed by atoms with Gasteiger partial charge in [-0.05, 0) is 6.07 Å². The average molecular weight is 373 g/mol. The largest absolute Gasteiger partial charge is 0.392 e. The SMILES string of the molecule is OCc1cccc(N2CCN(c3cnc(N4CCOCC4)nc3)CC2)c1F. The Bertz CT molecular complexity index is 759. The summed E-state index contributed by atoms with van der Waals surface area (Å²) in [5.74, 6) is 0.412. The fraction of sp³-hybridized carbons (Fsp3) is 0.474. The molecule has 3 heterocycles. The van der Waals surface area contributed by atoms with Crippen LogP contribution in [-0.4, -0.2) is 67.6 Å². The summed E-state index contributed by atoms with van der Waals surface area (Å²) in [7, 11) is 0. The highest BCUT2D eigenvalue weighted by Gasteiger charge is 2.22. The van der Waals surface area contributed by atoms with Gasteiger partial charge < -0.3 is 24.5 Å². The van der Waals surface area contributed by atoms with Gasteiger partial charge in [-0.25, -0.2) is 14.4 Å². The number of aromatic nitrogens is 2. The van der Waals surface area contributed by atoms with Crippen molar-refractivity contribution in [2.45, 2.75) is 6.61 Å². The first-order valence-electron chi connectivity index (χ1n) is 9.29. The third-order valence-corrected chi connectivity index (χ3v) is 5.13. The summed E-state index contributed by atoms with van der Waals surface area (Å²) in [6, 6.07) is 5.17. The topological polar surface area (TPSA) is 65.0 Å². The van der Waals surface area contributed by atoms with E-state index in [1.807, 2.05) is 17.3 Å². The van der Waals surface area contributed by atoms with Crippen LogP contribution in [0.5, 0.6) is 0 Å². The molecule has 27 heavy (non-hydrogen) atoms. The molecule has 0 aliphatic carbocycles. The Balaban J connectivity index is 1.39. The van der Waals surface area contributed by atoms with Crippen molar-refractivity contribution in [2.75, 3.05) is 67.2 Å². The van der Waals surface area contributed by atoms with E-state index in [9.17, 15) is 9.50 Å². The van der Waals surface area contributed by atoms with Gasteiger partial charge in [0.05, 0.1) is 43.6 Å². The van der Waals surface area contributed by atoms with Crippen LogP contribution >= 0.6 is 0 Å². The van der Waals surface area contributed by atoms with Crippen LogP contribution in [0.2, 0.25) is 0 Å². The molecule has 0 radical (unpaired) electrons. The molecule has 0 spiro atoms. The molecule has 2 aliphatic heterocycles. The second kappa shape index (κ2) is 8.06. The van der Waals surface area contributed by atoms with Crippen molar-refractivity contribution in [1.82, 2.24) is 9.97 Å². The summed E-state index contributed by atoms with van der Waals surface area (Å²) < 4.78 is 19.8. The molecule has 0 amide bonds. The van der Waals surface area contributed by atoms with Gasteiger partial charge in [-0.15, -0.1) is 0 Å². The number of hydrogen-bond donors (Lipinski definition) is 1. The van der Waals surface area contributed by atoms with Gasteiger partial charge in [0.1, 0.15) is 0 Å². The van der Waals surface area contributed by atoms with Gasteiger partial charge in [0, 0.05) is 44.8 Å². The number of ether oxygens (including phenoxy) is 1. The monoisotopic (exact) mass is 373 g/mol. The smallest absolute Gasteiger partial charge is 0.225 e. The van der Waals surface area contributed by atoms with Gasteiger partial charge in [0.25, 0.3) is 0 Å². The van der Waals surface area contributed by atoms with Crippen LogP contribution in [0.3, 0.4) is 0 Å². The molecule has 0 bridgehead atoms. The van der Waals surface area contributed by atoms with Crippen LogP contribution in [0.15, 0.2) is 30.6 Å². The van der Waals surface area contributed by atoms with Gasteiger partial charge in [0.15, 0.2) is 5.82 Å². The Morgan fingerprint density at radius 2 is 1.59 bits per heavy atom. The molecular formula is C19H24FN5O2. The lowest BCUT2D eigenvalue weighted by Crippen LogP contribution is -2.47. The second-order valence-electron chi connectivity index (χ2n) is 6.72. The van der Waals surface area contributed by atoms with Gasteiger partial charge in [0.2, 0.25) is 5.95 Å². The first-order valence-corrected chi connectivity index (χ1v) is 9.29. The molecule has 7 nitrogen and oxygen atoms in total. The summed E-state index contributed by atoms with van der Waals surface area (Å²) in [5.41, 5.74) is 1.87. The third kappa shape index (κ3) is 3.81. The lowest BCUT2D eigenvalue weighted by molar-refractivity contribution is 0.122. The predicted octanol–water partition coefficient (Wildman–Crippen LogP) is 1.27. The van der Waals surface area contributed by atoms with Crippen LogP contribution in [-0.2, 0) is 11.3 Å². The molecule has 2 aromatic rings. The third-order valence-electron chi connectivity index (χ3n) is 5.13. The molecule has 1 aromatic carbocycles. The molecule has 8 heteroatoms. The zero-order chi connectivity index (χ0) is 18.6. The highest BCUT2D eigenvalue weighted by molar-refractivity contribution is 5.53. The lowest BCUT2D eigenvalue weighted by Gasteiger charge is -2.37. The molecule has 0 atom stereocenters. The molecule has 144 valence electrons. The molecule has 4 rings (SSSR count). The molecular weight excluding hydrogens is 349 g/mol. The van der Waals surface area contributed by atoms with E-state index in [4.69, 9.17) is 4.74 Å². The van der Waals surface area contributed by atoms with E-state index in [0.717, 1.165) is 37.8 Å². The number of rotatable bonds is 4.